The van der Waals surface area contributed by atoms with E-state index in [1.54, 1.807) is 24.9 Å². The summed E-state index contributed by atoms with van der Waals surface area (Å²) in [6.45, 7) is 6.45. The number of hydrogen-bond acceptors (Lipinski definition) is 1. The lowest BCUT2D eigenvalue weighted by Gasteiger charge is -2.17. The van der Waals surface area contributed by atoms with E-state index in [1.807, 2.05) is 43.3 Å². The molecule has 0 aliphatic rings. The monoisotopic (exact) mass is 317 g/mol. The lowest BCUT2D eigenvalue weighted by Crippen LogP contribution is -2.26. The van der Waals surface area contributed by atoms with Crippen LogP contribution in [-0.2, 0) is 11.3 Å². The topological polar surface area (TPSA) is 20.3 Å². The zero-order chi connectivity index (χ0) is 16.5. The van der Waals surface area contributed by atoms with Gasteiger partial charge in [0.2, 0.25) is 5.91 Å². The summed E-state index contributed by atoms with van der Waals surface area (Å²) in [6.07, 6.45) is 6.65. The molecule has 3 heteroatoms. The van der Waals surface area contributed by atoms with Gasteiger partial charge in [-0.05, 0) is 38.0 Å². The number of halogens is 1. The highest BCUT2D eigenvalue weighted by Crippen LogP contribution is 2.14. The number of hydrogen-bond donors (Lipinski definition) is 0. The maximum Gasteiger partial charge on any atom is 0.249 e. The quantitative estimate of drug-likeness (QED) is 0.530. The predicted molar refractivity (Wildman–Crippen MR) is 94.7 cm³/mol. The molecule has 0 unspecified atom stereocenters. The van der Waals surface area contributed by atoms with Crippen LogP contribution >= 0.6 is 11.6 Å². The Morgan fingerprint density at radius 1 is 1.18 bits per heavy atom. The van der Waals surface area contributed by atoms with E-state index in [0.29, 0.717) is 17.2 Å². The van der Waals surface area contributed by atoms with Gasteiger partial charge in [-0.2, -0.15) is 0 Å². The Balaban J connectivity index is 2.75. The third-order valence-corrected chi connectivity index (χ3v) is 3.41. The smallest absolute Gasteiger partial charge is 0.249 e. The molecule has 1 aromatic carbocycles. The first-order valence-electron chi connectivity index (χ1n) is 7.45. The first-order valence-corrected chi connectivity index (χ1v) is 7.83. The van der Waals surface area contributed by atoms with Crippen molar-refractivity contribution in [1.29, 1.82) is 0 Å². The number of benzene rings is 1. The molecule has 1 amide bonds. The second kappa shape index (κ2) is 9.26. The third kappa shape index (κ3) is 6.31. The maximum absolute atomic E-state index is 12.4. The van der Waals surface area contributed by atoms with Crippen LogP contribution in [-0.4, -0.2) is 17.9 Å². The van der Waals surface area contributed by atoms with Gasteiger partial charge in [0, 0.05) is 24.2 Å². The first-order chi connectivity index (χ1) is 10.4. The third-order valence-electron chi connectivity index (χ3n) is 3.19. The molecule has 1 aromatic rings. The van der Waals surface area contributed by atoms with Crippen molar-refractivity contribution < 1.29 is 4.79 Å². The van der Waals surface area contributed by atoms with E-state index in [0.717, 1.165) is 17.6 Å². The van der Waals surface area contributed by atoms with Gasteiger partial charge in [-0.25, -0.2) is 0 Å². The number of nitrogens with zero attached hydrogens (tertiary/aromatic N) is 1. The lowest BCUT2D eigenvalue weighted by atomic mass is 10.1. The summed E-state index contributed by atoms with van der Waals surface area (Å²) in [5.74, 6) is -0.0208. The van der Waals surface area contributed by atoms with Crippen LogP contribution in [0.15, 0.2) is 64.7 Å². The Morgan fingerprint density at radius 2 is 1.82 bits per heavy atom. The number of carbonyl (C=O) groups excluding carboxylic acids is 1. The number of likely N-dealkylation sites (N-methyl/N-ethyl adjacent to an activating group) is 1. The molecule has 0 aliphatic carbocycles. The first kappa shape index (κ1) is 18.2. The molecular weight excluding hydrogens is 294 g/mol. The van der Waals surface area contributed by atoms with E-state index >= 15 is 0 Å². The summed E-state index contributed by atoms with van der Waals surface area (Å²) in [6, 6.07) is 9.92. The molecule has 0 fully saturated rings. The van der Waals surface area contributed by atoms with Crippen LogP contribution in [0.25, 0.3) is 0 Å². The Labute approximate surface area is 138 Å². The van der Waals surface area contributed by atoms with Crippen molar-refractivity contribution in [3.05, 3.63) is 70.3 Å². The molecule has 0 aliphatic heterocycles. The number of allylic oxidation sites excluding steroid dienone is 5. The van der Waals surface area contributed by atoms with Crippen molar-refractivity contribution in [3.63, 3.8) is 0 Å². The fraction of sp³-hybridized carbons (Fsp3) is 0.316. The highest BCUT2D eigenvalue weighted by molar-refractivity contribution is 6.31. The normalized spacial score (nSPS) is 13.2. The van der Waals surface area contributed by atoms with E-state index in [9.17, 15) is 4.79 Å². The van der Waals surface area contributed by atoms with Gasteiger partial charge in [0.1, 0.15) is 0 Å². The van der Waals surface area contributed by atoms with Crippen molar-refractivity contribution in [2.75, 3.05) is 7.05 Å². The van der Waals surface area contributed by atoms with E-state index in [-0.39, 0.29) is 5.91 Å². The number of rotatable bonds is 6. The van der Waals surface area contributed by atoms with Gasteiger partial charge in [0.25, 0.3) is 0 Å². The van der Waals surface area contributed by atoms with Gasteiger partial charge in [-0.15, -0.1) is 0 Å². The zero-order valence-electron chi connectivity index (χ0n) is 13.8. The standard InChI is InChI=1S/C19H24ClNO/c1-5-9-15(2)12-18(20)13-16(3)19(22)21(4)14-17-10-7-6-8-11-17/h6-13H,5,14H2,1-4H3/b15-9+,16-13+,18-12+. The summed E-state index contributed by atoms with van der Waals surface area (Å²) < 4.78 is 0. The summed E-state index contributed by atoms with van der Waals surface area (Å²) in [5, 5.41) is 0.571. The Morgan fingerprint density at radius 3 is 2.41 bits per heavy atom. The fourth-order valence-electron chi connectivity index (χ4n) is 2.14. The minimum Gasteiger partial charge on any atom is -0.338 e. The molecule has 0 aromatic heterocycles. The molecule has 0 heterocycles. The predicted octanol–water partition coefficient (Wildman–Crippen LogP) is 5.07. The number of amides is 1. The molecule has 0 saturated heterocycles. The Bertz CT molecular complexity index is 585. The summed E-state index contributed by atoms with van der Waals surface area (Å²) in [5.41, 5.74) is 2.83. The number of carbonyl (C=O) groups is 1. The maximum atomic E-state index is 12.4. The van der Waals surface area contributed by atoms with Gasteiger partial charge in [-0.1, -0.05) is 60.5 Å². The summed E-state index contributed by atoms with van der Waals surface area (Å²) in [4.78, 5) is 14.0. The molecule has 0 spiro atoms. The summed E-state index contributed by atoms with van der Waals surface area (Å²) in [7, 11) is 1.80. The molecule has 0 saturated carbocycles. The van der Waals surface area contributed by atoms with Gasteiger partial charge < -0.3 is 4.90 Å². The zero-order valence-corrected chi connectivity index (χ0v) is 14.5. The molecule has 0 radical (unpaired) electrons. The van der Waals surface area contributed by atoms with E-state index < -0.39 is 0 Å². The highest BCUT2D eigenvalue weighted by atomic mass is 35.5. The highest BCUT2D eigenvalue weighted by Gasteiger charge is 2.11. The minimum absolute atomic E-state index is 0.0208. The van der Waals surface area contributed by atoms with E-state index in [1.165, 1.54) is 0 Å². The molecular formula is C19H24ClNO. The average molecular weight is 318 g/mol. The van der Waals surface area contributed by atoms with E-state index in [4.69, 9.17) is 11.6 Å². The Hall–Kier alpha value is -1.80. The van der Waals surface area contributed by atoms with Crippen LogP contribution in [0.5, 0.6) is 0 Å². The van der Waals surface area contributed by atoms with Crippen LogP contribution in [0.2, 0.25) is 0 Å². The second-order valence-electron chi connectivity index (χ2n) is 5.36. The van der Waals surface area contributed by atoms with Gasteiger partial charge in [0.15, 0.2) is 0 Å². The summed E-state index contributed by atoms with van der Waals surface area (Å²) >= 11 is 6.19. The van der Waals surface area contributed by atoms with Gasteiger partial charge in [0.05, 0.1) is 0 Å². The second-order valence-corrected chi connectivity index (χ2v) is 5.80. The SMILES string of the molecule is CC/C=C(C)/C=C(Cl)\C=C(/C)C(=O)N(C)Cc1ccccc1. The lowest BCUT2D eigenvalue weighted by molar-refractivity contribution is -0.126. The van der Waals surface area contributed by atoms with Crippen molar-refractivity contribution in [2.24, 2.45) is 0 Å². The van der Waals surface area contributed by atoms with Gasteiger partial charge in [-0.3, -0.25) is 4.79 Å². The Kier molecular flexibility index (Phi) is 7.69. The molecule has 0 atom stereocenters. The van der Waals surface area contributed by atoms with Crippen LogP contribution < -0.4 is 0 Å². The van der Waals surface area contributed by atoms with Crippen molar-refractivity contribution >= 4 is 17.5 Å². The molecule has 22 heavy (non-hydrogen) atoms. The van der Waals surface area contributed by atoms with Crippen molar-refractivity contribution in [1.82, 2.24) is 4.90 Å². The molecule has 0 bridgehead atoms. The minimum atomic E-state index is -0.0208. The van der Waals surface area contributed by atoms with Crippen LogP contribution in [0.4, 0.5) is 0 Å². The van der Waals surface area contributed by atoms with Crippen LogP contribution in [0.1, 0.15) is 32.8 Å². The molecule has 2 nitrogen and oxygen atoms in total. The van der Waals surface area contributed by atoms with Crippen LogP contribution in [0.3, 0.4) is 0 Å². The molecule has 0 N–H and O–H groups in total. The average Bonchev–Trinajstić information content (AvgIpc) is 2.47. The molecule has 1 rings (SSSR count). The fourth-order valence-corrected chi connectivity index (χ4v) is 2.47. The van der Waals surface area contributed by atoms with Gasteiger partial charge >= 0.3 is 0 Å². The molecule has 118 valence electrons. The van der Waals surface area contributed by atoms with E-state index in [2.05, 4.69) is 13.0 Å². The van der Waals surface area contributed by atoms with Crippen LogP contribution in [0, 0.1) is 0 Å². The van der Waals surface area contributed by atoms with Crippen molar-refractivity contribution in [2.45, 2.75) is 33.7 Å². The largest absolute Gasteiger partial charge is 0.338 e. The van der Waals surface area contributed by atoms with Crippen molar-refractivity contribution in [3.8, 4) is 0 Å².